The second-order valence-corrected chi connectivity index (χ2v) is 7.68. The SMILES string of the molecule is CCCc1nc2cc(C(=O)c3ccccc3)ccc2n1Cc1ccc(C(=O)OCC)cc1. The molecular weight excluding hydrogens is 400 g/mol. The fourth-order valence-corrected chi connectivity index (χ4v) is 3.81. The summed E-state index contributed by atoms with van der Waals surface area (Å²) in [7, 11) is 0. The number of hydrogen-bond donors (Lipinski definition) is 0. The van der Waals surface area contributed by atoms with Crippen LogP contribution in [-0.4, -0.2) is 27.9 Å². The predicted molar refractivity (Wildman–Crippen MR) is 125 cm³/mol. The molecule has 0 spiro atoms. The molecular formula is C27H26N2O3. The summed E-state index contributed by atoms with van der Waals surface area (Å²) < 4.78 is 7.25. The molecule has 0 aliphatic carbocycles. The van der Waals surface area contributed by atoms with Crippen molar-refractivity contribution in [3.05, 3.63) is 101 Å². The van der Waals surface area contributed by atoms with Crippen LogP contribution in [0.4, 0.5) is 0 Å². The molecule has 5 nitrogen and oxygen atoms in total. The first-order chi connectivity index (χ1) is 15.6. The standard InChI is InChI=1S/C27H26N2O3/c1-3-8-25-28-23-17-22(26(30)20-9-6-5-7-10-20)15-16-24(23)29(25)18-19-11-13-21(14-12-19)27(31)32-4-2/h5-7,9-17H,3-4,8,18H2,1-2H3. The molecule has 0 unspecified atom stereocenters. The highest BCUT2D eigenvalue weighted by Gasteiger charge is 2.15. The maximum absolute atomic E-state index is 12.9. The molecule has 1 aromatic heterocycles. The van der Waals surface area contributed by atoms with E-state index in [-0.39, 0.29) is 11.8 Å². The second-order valence-electron chi connectivity index (χ2n) is 7.68. The van der Waals surface area contributed by atoms with Crippen LogP contribution < -0.4 is 0 Å². The Labute approximate surface area is 187 Å². The lowest BCUT2D eigenvalue weighted by atomic mass is 10.0. The first kappa shape index (κ1) is 21.5. The van der Waals surface area contributed by atoms with Gasteiger partial charge in [0.25, 0.3) is 0 Å². The number of esters is 1. The van der Waals surface area contributed by atoms with E-state index in [0.29, 0.717) is 29.8 Å². The van der Waals surface area contributed by atoms with Crippen molar-refractivity contribution in [3.63, 3.8) is 0 Å². The lowest BCUT2D eigenvalue weighted by molar-refractivity contribution is 0.0526. The molecule has 4 rings (SSSR count). The molecule has 0 saturated carbocycles. The van der Waals surface area contributed by atoms with E-state index in [9.17, 15) is 9.59 Å². The van der Waals surface area contributed by atoms with Crippen LogP contribution in [0.2, 0.25) is 0 Å². The highest BCUT2D eigenvalue weighted by Crippen LogP contribution is 2.22. The van der Waals surface area contributed by atoms with E-state index >= 15 is 0 Å². The van der Waals surface area contributed by atoms with Gasteiger partial charge in [0, 0.05) is 24.1 Å². The number of imidazole rings is 1. The minimum Gasteiger partial charge on any atom is -0.462 e. The number of carbonyl (C=O) groups excluding carboxylic acids is 2. The van der Waals surface area contributed by atoms with Crippen molar-refractivity contribution in [1.82, 2.24) is 9.55 Å². The summed E-state index contributed by atoms with van der Waals surface area (Å²) in [5.74, 6) is 0.671. The van der Waals surface area contributed by atoms with Gasteiger partial charge in [-0.05, 0) is 49.2 Å². The minimum absolute atomic E-state index is 0.00588. The first-order valence-corrected chi connectivity index (χ1v) is 11.0. The van der Waals surface area contributed by atoms with E-state index in [1.807, 2.05) is 60.7 Å². The average Bonchev–Trinajstić information content (AvgIpc) is 3.16. The Bertz CT molecular complexity index is 1240. The van der Waals surface area contributed by atoms with Crippen LogP contribution in [0.1, 0.15) is 57.9 Å². The molecule has 0 saturated heterocycles. The van der Waals surface area contributed by atoms with Crippen LogP contribution >= 0.6 is 0 Å². The van der Waals surface area contributed by atoms with Gasteiger partial charge in [-0.15, -0.1) is 0 Å². The van der Waals surface area contributed by atoms with E-state index in [4.69, 9.17) is 9.72 Å². The molecule has 0 aliphatic heterocycles. The normalized spacial score (nSPS) is 10.9. The fraction of sp³-hybridized carbons (Fsp3) is 0.222. The summed E-state index contributed by atoms with van der Waals surface area (Å²) >= 11 is 0. The number of nitrogens with zero attached hydrogens (tertiary/aromatic N) is 2. The highest BCUT2D eigenvalue weighted by molar-refractivity contribution is 6.10. The van der Waals surface area contributed by atoms with Gasteiger partial charge in [0.05, 0.1) is 23.2 Å². The van der Waals surface area contributed by atoms with E-state index < -0.39 is 0 Å². The molecule has 32 heavy (non-hydrogen) atoms. The third kappa shape index (κ3) is 4.47. The summed E-state index contributed by atoms with van der Waals surface area (Å²) in [4.78, 5) is 29.6. The van der Waals surface area contributed by atoms with Gasteiger partial charge >= 0.3 is 5.97 Å². The predicted octanol–water partition coefficient (Wildman–Crippen LogP) is 5.44. The first-order valence-electron chi connectivity index (χ1n) is 11.0. The molecule has 3 aromatic carbocycles. The van der Waals surface area contributed by atoms with Crippen LogP contribution in [0.5, 0.6) is 0 Å². The molecule has 4 aromatic rings. The molecule has 1 heterocycles. The van der Waals surface area contributed by atoms with Gasteiger partial charge in [-0.2, -0.15) is 0 Å². The van der Waals surface area contributed by atoms with Crippen molar-refractivity contribution >= 4 is 22.8 Å². The van der Waals surface area contributed by atoms with Crippen LogP contribution in [0.25, 0.3) is 11.0 Å². The van der Waals surface area contributed by atoms with Gasteiger partial charge < -0.3 is 9.30 Å². The zero-order valence-electron chi connectivity index (χ0n) is 18.4. The molecule has 0 aliphatic rings. The van der Waals surface area contributed by atoms with Gasteiger partial charge in [0.15, 0.2) is 5.78 Å². The Kier molecular flexibility index (Phi) is 6.45. The Morgan fingerprint density at radius 2 is 1.59 bits per heavy atom. The molecule has 162 valence electrons. The maximum atomic E-state index is 12.9. The number of benzene rings is 3. The van der Waals surface area contributed by atoms with Gasteiger partial charge in [0.1, 0.15) is 5.82 Å². The number of aryl methyl sites for hydroxylation is 1. The van der Waals surface area contributed by atoms with Gasteiger partial charge in [-0.3, -0.25) is 4.79 Å². The zero-order valence-corrected chi connectivity index (χ0v) is 18.4. The Balaban J connectivity index is 1.65. The van der Waals surface area contributed by atoms with E-state index in [1.165, 1.54) is 0 Å². The average molecular weight is 427 g/mol. The molecule has 0 amide bonds. The van der Waals surface area contributed by atoms with E-state index in [2.05, 4.69) is 11.5 Å². The summed E-state index contributed by atoms with van der Waals surface area (Å²) in [5, 5.41) is 0. The Hall–Kier alpha value is -3.73. The van der Waals surface area contributed by atoms with Crippen molar-refractivity contribution in [2.24, 2.45) is 0 Å². The lowest BCUT2D eigenvalue weighted by Gasteiger charge is -2.10. The summed E-state index contributed by atoms with van der Waals surface area (Å²) in [6.07, 6.45) is 1.82. The largest absolute Gasteiger partial charge is 0.462 e. The number of ketones is 1. The lowest BCUT2D eigenvalue weighted by Crippen LogP contribution is -2.07. The molecule has 0 fully saturated rings. The van der Waals surface area contributed by atoms with Crippen molar-refractivity contribution < 1.29 is 14.3 Å². The smallest absolute Gasteiger partial charge is 0.338 e. The van der Waals surface area contributed by atoms with Crippen molar-refractivity contribution in [2.75, 3.05) is 6.61 Å². The van der Waals surface area contributed by atoms with Crippen LogP contribution in [0.15, 0.2) is 72.8 Å². The quantitative estimate of drug-likeness (QED) is 0.278. The topological polar surface area (TPSA) is 61.2 Å². The molecule has 0 bridgehead atoms. The number of hydrogen-bond acceptors (Lipinski definition) is 4. The number of ether oxygens (including phenoxy) is 1. The van der Waals surface area contributed by atoms with Gasteiger partial charge in [-0.25, -0.2) is 9.78 Å². The number of fused-ring (bicyclic) bond motifs is 1. The second kappa shape index (κ2) is 9.60. The Morgan fingerprint density at radius 3 is 2.28 bits per heavy atom. The summed E-state index contributed by atoms with van der Waals surface area (Å²) in [6.45, 7) is 4.92. The molecule has 5 heteroatoms. The van der Waals surface area contributed by atoms with Crippen molar-refractivity contribution in [1.29, 1.82) is 0 Å². The van der Waals surface area contributed by atoms with Crippen molar-refractivity contribution in [2.45, 2.75) is 33.2 Å². The highest BCUT2D eigenvalue weighted by atomic mass is 16.5. The fourth-order valence-electron chi connectivity index (χ4n) is 3.81. The molecule has 0 radical (unpaired) electrons. The van der Waals surface area contributed by atoms with Crippen LogP contribution in [0.3, 0.4) is 0 Å². The Morgan fingerprint density at radius 1 is 0.875 bits per heavy atom. The van der Waals surface area contributed by atoms with Crippen LogP contribution in [0, 0.1) is 0 Å². The number of aromatic nitrogens is 2. The third-order valence-corrected chi connectivity index (χ3v) is 5.40. The third-order valence-electron chi connectivity index (χ3n) is 5.40. The van der Waals surface area contributed by atoms with Crippen molar-refractivity contribution in [3.8, 4) is 0 Å². The number of carbonyl (C=O) groups is 2. The monoisotopic (exact) mass is 426 g/mol. The molecule has 0 atom stereocenters. The number of rotatable bonds is 8. The van der Waals surface area contributed by atoms with Gasteiger partial charge in [0.2, 0.25) is 0 Å². The summed E-state index contributed by atoms with van der Waals surface area (Å²) in [6, 6.07) is 22.5. The van der Waals surface area contributed by atoms with E-state index in [1.54, 1.807) is 19.1 Å². The van der Waals surface area contributed by atoms with E-state index in [0.717, 1.165) is 35.3 Å². The molecule has 0 N–H and O–H groups in total. The van der Waals surface area contributed by atoms with Gasteiger partial charge in [-0.1, -0.05) is 49.4 Å². The zero-order chi connectivity index (χ0) is 22.5. The maximum Gasteiger partial charge on any atom is 0.338 e. The summed E-state index contributed by atoms with van der Waals surface area (Å²) in [5.41, 5.74) is 4.73. The minimum atomic E-state index is -0.311. The van der Waals surface area contributed by atoms with Crippen LogP contribution in [-0.2, 0) is 17.7 Å².